The topological polar surface area (TPSA) is 218 Å². The molecule has 121 heavy (non-hydrogen) atoms. The SMILES string of the molecule is CN=Nc1ccc(N=NC)cc1.CN=Nc1ccc(N=NC)cc1.COC.Cc1ccc(N=Nc2c(C)cc3cc(C)ccc3c2O)c(O)c1.Cc1ccc(N=Nc2c(C)cc3cc(C)ccc3c2O)cc1.[CH3-].[CH3-].[CH3-].[CH3-].[CH3-].[CH3-].[Cu].[H-].[H-].[H-].[H-].[Rb+].[Rb+].[Rb+].[Rb+].[Rb+].[Rb+].[Rb+].[Rb+].[Rb+].[Rb+].[Rb][Rb].[Rb][Rb].[Rb][Rb].[Rb][Rb].[Rb][Rb].[Rb][Rb].[Rb][Rb].[Rb][Rb].[Rb][Rb].[Rb][Rb].[Rb][Rb].[Rb][Rb].[Rb][Rb].[Rb][Rb].[Rb][Rb].[Rb][Rb]. The molecule has 1 radical (unpaired) electrons. The van der Waals surface area contributed by atoms with Crippen molar-refractivity contribution >= 4 is 1150 Å². The van der Waals surface area contributed by atoms with Crippen LogP contribution in [0.25, 0.3) is 21.5 Å². The van der Waals surface area contributed by atoms with Crippen LogP contribution in [-0.4, -0.2) is 1140 Å². The summed E-state index contributed by atoms with van der Waals surface area (Å²) in [5.74, 6) is 0.364. The number of methoxy groups -OCH3 is 1. The summed E-state index contributed by atoms with van der Waals surface area (Å²) in [6.07, 6.45) is 0. The second-order valence-electron chi connectivity index (χ2n) is 16.1. The number of azo groups is 6. The fourth-order valence-electron chi connectivity index (χ4n) is 6.69. The third-order valence-electron chi connectivity index (χ3n) is 10.1. The van der Waals surface area contributed by atoms with Gasteiger partial charge in [-0.3, -0.25) is 0 Å². The number of aryl methyl sites for hydroxylation is 6. The van der Waals surface area contributed by atoms with Gasteiger partial charge in [-0.15, -0.1) is 15.3 Å². The van der Waals surface area contributed by atoms with Crippen LogP contribution in [0.5, 0.6) is 17.2 Å². The van der Waals surface area contributed by atoms with Crippen molar-refractivity contribution in [3.05, 3.63) is 217 Å². The van der Waals surface area contributed by atoms with E-state index >= 15 is 0 Å². The third kappa shape index (κ3) is 178. The molecule has 0 aliphatic carbocycles. The Morgan fingerprint density at radius 2 is 0.430 bits per heavy atom. The van der Waals surface area contributed by atoms with E-state index in [9.17, 15) is 15.3 Å². The molecule has 0 aliphatic rings. The summed E-state index contributed by atoms with van der Waals surface area (Å²) in [4.78, 5) is 0. The van der Waals surface area contributed by atoms with Crippen molar-refractivity contribution in [3.63, 3.8) is 0 Å². The summed E-state index contributed by atoms with van der Waals surface area (Å²) >= 11 is 37.1. The van der Waals surface area contributed by atoms with Gasteiger partial charge in [-0.2, -0.15) is 46.0 Å². The zero-order chi connectivity index (χ0) is 84.6. The van der Waals surface area contributed by atoms with E-state index in [1.807, 2.05) is 163 Å². The normalized spacial score (nSPS) is 7.74. The molecule has 0 amide bonds. The summed E-state index contributed by atoms with van der Waals surface area (Å²) < 4.78 is 4.25. The molecule has 16 nitrogen and oxygen atoms in total. The number of benzene rings is 8. The van der Waals surface area contributed by atoms with E-state index in [0.29, 0.717) is 17.1 Å². The van der Waals surface area contributed by atoms with Crippen molar-refractivity contribution in [2.45, 2.75) is 41.5 Å². The van der Waals surface area contributed by atoms with E-state index in [0.717, 1.165) is 1160 Å². The molecule has 0 fully saturated rings. The Morgan fingerprint density at radius 1 is 0.248 bits per heavy atom. The number of fused-ring (bicyclic) bond motifs is 2. The van der Waals surface area contributed by atoms with Crippen LogP contribution in [-0.2, 0) is 21.8 Å². The molecule has 8 aromatic carbocycles. The molecule has 0 atom stereocenters. The molecule has 0 spiro atoms. The van der Waals surface area contributed by atoms with E-state index in [2.05, 4.69) is 72.2 Å². The van der Waals surface area contributed by atoms with Gasteiger partial charge < -0.3 is 70.3 Å². The number of rotatable bonds is 8. The van der Waals surface area contributed by atoms with Gasteiger partial charge >= 0.3 is 1670 Å². The number of phenolic OH excluding ortho intramolecular Hbond substituents is 3. The predicted molar refractivity (Wildman–Crippen MR) is 517 cm³/mol. The second kappa shape index (κ2) is 235. The molecule has 8 aromatic rings. The van der Waals surface area contributed by atoms with Gasteiger partial charge in [0.25, 0.3) is 0 Å². The van der Waals surface area contributed by atoms with Crippen molar-refractivity contribution in [1.82, 2.24) is 0 Å². The molecule has 3 N–H and O–H groups in total. The zero-order valence-electron chi connectivity index (χ0n) is 95.2. The average molecular weight is 4710 g/mol. The standard InChI is InChI=1S/C19H18N2O2.C19H18N2O.2C8H10N4.C2H6O.6CH3.Cu.42Rb.4H/c1-11-4-6-15-14(8-11)10-13(3)18(19(15)23)21-20-16-7-5-12(2)9-17(16)22;1-12-4-7-16(8-5-12)20-21-18-14(3)11-15-10-13(2)6-9-17(15)19(18)22;2*1-9-11-7-3-5-8(6-4-7)12-10-2;1-3-2;;;;;;;;;;;;;;;;;;;;;;;;;;;;;;;;;;;;;;;;;;;;;;;;;;;;;/h4-10,22-23H,1-3H3;4-11,22H,1-3H3;2*3-6H,1-2H3;1-2H3;6*1H3;;;;;;;;;;;;;;;;;;;;;;;;;;;;;;;;;;;;;;;;;;;;;;;/q;;;;;6*-1;;;;;;;;;;;;;;;;;;;;;;;;;;;;;;;;;;10*+1;4*-1. The monoisotopic (exact) mass is 4690 g/mol. The van der Waals surface area contributed by atoms with Gasteiger partial charge in [0.2, 0.25) is 0 Å². The molecule has 469 valence electrons. The molecule has 0 saturated heterocycles. The van der Waals surface area contributed by atoms with Crippen molar-refractivity contribution in [2.24, 2.45) is 61.4 Å². The van der Waals surface area contributed by atoms with Gasteiger partial charge in [-0.05, 0) is 154 Å². The fourth-order valence-corrected chi connectivity index (χ4v) is 6.69. The summed E-state index contributed by atoms with van der Waals surface area (Å²) in [5, 5.41) is 81.2. The Bertz CT molecular complexity index is 3230. The van der Waals surface area contributed by atoms with Crippen molar-refractivity contribution in [2.75, 3.05) is 42.4 Å². The third-order valence-corrected chi connectivity index (χ3v) is 10.1. The maximum absolute atomic E-state index is 10.5. The number of aromatic hydroxyl groups is 3. The number of phenols is 3. The van der Waals surface area contributed by atoms with E-state index in [1.165, 1.54) is 11.1 Å². The van der Waals surface area contributed by atoms with Crippen LogP contribution in [0, 0.1) is 86.1 Å². The minimum absolute atomic E-state index is 0. The van der Waals surface area contributed by atoms with Crippen LogP contribution < -0.4 is 582 Å². The van der Waals surface area contributed by atoms with Gasteiger partial charge in [0.05, 0.1) is 28.4 Å². The van der Waals surface area contributed by atoms with E-state index in [4.69, 9.17) is 0 Å². The Balaban J connectivity index is -0.0000000238. The quantitative estimate of drug-likeness (QED) is 0.0768. The molecule has 0 unspecified atom stereocenters. The Hall–Kier alpha value is 67.6. The number of hydrogen-bond donors (Lipinski definition) is 3. The van der Waals surface area contributed by atoms with Crippen molar-refractivity contribution in [1.29, 1.82) is 0 Å². The minimum atomic E-state index is 0. The van der Waals surface area contributed by atoms with Gasteiger partial charge in [-0.25, -0.2) is 0 Å². The first-order chi connectivity index (χ1) is 50.6. The van der Waals surface area contributed by atoms with E-state index < -0.39 is 0 Å². The average Bonchev–Trinajstić information content (AvgIpc) is 0.798. The first kappa shape index (κ1) is 264. The van der Waals surface area contributed by atoms with Crippen LogP contribution in [0.2, 0.25) is 0 Å². The van der Waals surface area contributed by atoms with Crippen LogP contribution in [0.1, 0.15) is 39.1 Å². The first-order valence-electron chi connectivity index (χ1n) is 38.6. The zero-order valence-corrected chi connectivity index (χ0v) is 299. The fraction of sp³-hybridized carbons (Fsp3) is 0.194. The number of ether oxygens (including phenoxy) is 1. The summed E-state index contributed by atoms with van der Waals surface area (Å²) in [5.41, 5.74) is 11.6. The van der Waals surface area contributed by atoms with Crippen molar-refractivity contribution < 1.29 is 625 Å². The molecule has 0 bridgehead atoms. The van der Waals surface area contributed by atoms with Crippen LogP contribution in [0.4, 0.5) is 45.5 Å². The van der Waals surface area contributed by atoms with Crippen LogP contribution >= 0.6 is 0 Å². The Labute approximate surface area is 2030 Å². The van der Waals surface area contributed by atoms with E-state index in [-0.39, 0.29) is 666 Å². The van der Waals surface area contributed by atoms with Gasteiger partial charge in [0, 0.05) is 70.3 Å². The Morgan fingerprint density at radius 3 is 0.645 bits per heavy atom. The number of hydrogen-bond acceptors (Lipinski definition) is 16. The molecular weight excluding hydrogens is 4630 g/mol. The summed E-state index contributed by atoms with van der Waals surface area (Å²) in [6, 6.07) is 43.6. The van der Waals surface area contributed by atoms with Gasteiger partial charge in [0.15, 0.2) is 11.5 Å². The number of nitrogens with zero attached hydrogens (tertiary/aromatic N) is 12. The summed E-state index contributed by atoms with van der Waals surface area (Å²) in [7, 11) is 9.80. The summed E-state index contributed by atoms with van der Waals surface area (Å²) in [6.45, 7) is 11.8. The second-order valence-corrected chi connectivity index (χ2v) is 16.1. The molecule has 59 heteroatoms. The van der Waals surface area contributed by atoms with Crippen LogP contribution in [0.3, 0.4) is 0 Å². The van der Waals surface area contributed by atoms with Gasteiger partial charge in [0.1, 0.15) is 22.8 Å². The molecule has 8 rings (SSSR count). The Kier molecular flexibility index (Phi) is 513. The molecular formula is C62H84CuN12O4Rb42. The molecule has 0 saturated carbocycles. The van der Waals surface area contributed by atoms with Gasteiger partial charge in [-0.1, -0.05) is 71.3 Å². The molecule has 0 aliphatic heterocycles. The van der Waals surface area contributed by atoms with E-state index in [1.54, 1.807) is 54.5 Å². The molecule has 0 heterocycles. The molecule has 0 aromatic heterocycles. The van der Waals surface area contributed by atoms with Crippen molar-refractivity contribution in [3.8, 4) is 17.2 Å². The predicted octanol–water partition coefficient (Wildman–Crippen LogP) is -21.0. The van der Waals surface area contributed by atoms with Crippen LogP contribution in [0.15, 0.2) is 201 Å². The maximum atomic E-state index is 10.5. The first-order valence-corrected chi connectivity index (χ1v) is 583.